The molecule has 1 saturated carbocycles. The predicted molar refractivity (Wildman–Crippen MR) is 92.7 cm³/mol. The molecule has 0 radical (unpaired) electrons. The highest BCUT2D eigenvalue weighted by atomic mass is 16.4. The summed E-state index contributed by atoms with van der Waals surface area (Å²) in [7, 11) is 0. The fourth-order valence-electron chi connectivity index (χ4n) is 3.20. The zero-order valence-electron chi connectivity index (χ0n) is 13.4. The molecule has 4 heteroatoms. The minimum atomic E-state index is -0.726. The molecule has 24 heavy (non-hydrogen) atoms. The van der Waals surface area contributed by atoms with Crippen LogP contribution in [0.5, 0.6) is 0 Å². The van der Waals surface area contributed by atoms with Gasteiger partial charge in [-0.25, -0.2) is 0 Å². The fourth-order valence-corrected chi connectivity index (χ4v) is 3.20. The van der Waals surface area contributed by atoms with Gasteiger partial charge in [0.1, 0.15) is 0 Å². The molecule has 2 aromatic carbocycles. The molecule has 0 bridgehead atoms. The lowest BCUT2D eigenvalue weighted by Gasteiger charge is -2.26. The molecule has 1 aliphatic rings. The Kier molecular flexibility index (Phi) is 4.94. The number of hydrogen-bond acceptors (Lipinski definition) is 2. The molecule has 0 aliphatic heterocycles. The number of carbonyl (C=O) groups is 2. The quantitative estimate of drug-likeness (QED) is 0.901. The summed E-state index contributed by atoms with van der Waals surface area (Å²) in [6, 6.07) is 17.7. The zero-order valence-corrected chi connectivity index (χ0v) is 13.4. The van der Waals surface area contributed by atoms with E-state index >= 15 is 0 Å². The number of carboxylic acid groups (broad SMARTS) is 1. The van der Waals surface area contributed by atoms with Gasteiger partial charge >= 0.3 is 5.97 Å². The number of amides is 1. The van der Waals surface area contributed by atoms with Crippen LogP contribution in [0, 0.1) is 5.92 Å². The van der Waals surface area contributed by atoms with Crippen LogP contribution >= 0.6 is 0 Å². The highest BCUT2D eigenvalue weighted by molar-refractivity contribution is 5.94. The molecular formula is C20H21NO3. The van der Waals surface area contributed by atoms with E-state index in [2.05, 4.69) is 5.32 Å². The van der Waals surface area contributed by atoms with Crippen LogP contribution in [0.4, 0.5) is 0 Å². The van der Waals surface area contributed by atoms with E-state index in [1.165, 1.54) is 0 Å². The van der Waals surface area contributed by atoms with E-state index in [0.29, 0.717) is 18.4 Å². The Bertz CT molecular complexity index is 701. The van der Waals surface area contributed by atoms with Crippen molar-refractivity contribution in [1.82, 2.24) is 5.32 Å². The van der Waals surface area contributed by atoms with E-state index in [1.807, 2.05) is 54.6 Å². The Balaban J connectivity index is 1.59. The van der Waals surface area contributed by atoms with Gasteiger partial charge < -0.3 is 10.4 Å². The molecule has 0 saturated heterocycles. The summed E-state index contributed by atoms with van der Waals surface area (Å²) in [5.74, 6) is -1.08. The molecule has 2 N–H and O–H groups in total. The first-order valence-corrected chi connectivity index (χ1v) is 8.32. The van der Waals surface area contributed by atoms with Gasteiger partial charge in [-0.15, -0.1) is 0 Å². The number of carboxylic acids is 1. The zero-order chi connectivity index (χ0) is 16.9. The number of carbonyl (C=O) groups excluding carboxylic acids is 1. The molecule has 0 unspecified atom stereocenters. The van der Waals surface area contributed by atoms with Gasteiger partial charge in [0.05, 0.1) is 5.92 Å². The van der Waals surface area contributed by atoms with Gasteiger partial charge in [-0.05, 0) is 48.9 Å². The van der Waals surface area contributed by atoms with Crippen molar-refractivity contribution in [2.45, 2.75) is 31.7 Å². The van der Waals surface area contributed by atoms with Crippen molar-refractivity contribution in [1.29, 1.82) is 0 Å². The van der Waals surface area contributed by atoms with E-state index < -0.39 is 5.97 Å². The lowest BCUT2D eigenvalue weighted by molar-refractivity contribution is -0.142. The molecule has 0 aromatic heterocycles. The van der Waals surface area contributed by atoms with Crippen LogP contribution in [0.1, 0.15) is 36.0 Å². The van der Waals surface area contributed by atoms with Crippen LogP contribution < -0.4 is 5.32 Å². The van der Waals surface area contributed by atoms with E-state index in [9.17, 15) is 9.59 Å². The number of aliphatic carboxylic acids is 1. The van der Waals surface area contributed by atoms with Crippen molar-refractivity contribution < 1.29 is 14.7 Å². The number of benzene rings is 2. The first-order chi connectivity index (χ1) is 11.6. The third-order valence-corrected chi connectivity index (χ3v) is 4.67. The highest BCUT2D eigenvalue weighted by Crippen LogP contribution is 2.25. The fraction of sp³-hybridized carbons (Fsp3) is 0.300. The SMILES string of the molecule is O=C(NC1CCC(C(=O)O)CC1)c1ccc(-c2ccccc2)cc1. The van der Waals surface area contributed by atoms with Crippen LogP contribution in [0.3, 0.4) is 0 Å². The average molecular weight is 323 g/mol. The van der Waals surface area contributed by atoms with Crippen LogP contribution in [0.2, 0.25) is 0 Å². The summed E-state index contributed by atoms with van der Waals surface area (Å²) in [5.41, 5.74) is 2.83. The van der Waals surface area contributed by atoms with Crippen LogP contribution in [0.25, 0.3) is 11.1 Å². The second-order valence-corrected chi connectivity index (χ2v) is 6.30. The molecule has 0 spiro atoms. The first-order valence-electron chi connectivity index (χ1n) is 8.32. The van der Waals surface area contributed by atoms with Gasteiger partial charge in [0, 0.05) is 11.6 Å². The van der Waals surface area contributed by atoms with E-state index in [1.54, 1.807) is 0 Å². The molecule has 1 amide bonds. The van der Waals surface area contributed by atoms with Crippen molar-refractivity contribution in [2.24, 2.45) is 5.92 Å². The summed E-state index contributed by atoms with van der Waals surface area (Å²) in [4.78, 5) is 23.3. The number of hydrogen-bond donors (Lipinski definition) is 2. The first kappa shape index (κ1) is 16.2. The molecule has 0 heterocycles. The third kappa shape index (κ3) is 3.82. The van der Waals surface area contributed by atoms with Gasteiger partial charge in [-0.1, -0.05) is 42.5 Å². The standard InChI is InChI=1S/C20H21NO3/c22-19(21-18-12-10-17(11-13-18)20(23)24)16-8-6-15(7-9-16)14-4-2-1-3-5-14/h1-9,17-18H,10-13H2,(H,21,22)(H,23,24). The lowest BCUT2D eigenvalue weighted by Crippen LogP contribution is -2.38. The number of nitrogens with one attached hydrogen (secondary N) is 1. The molecular weight excluding hydrogens is 302 g/mol. The molecule has 2 aromatic rings. The second-order valence-electron chi connectivity index (χ2n) is 6.30. The van der Waals surface area contributed by atoms with Gasteiger partial charge in [-0.2, -0.15) is 0 Å². The summed E-state index contributed by atoms with van der Waals surface area (Å²) < 4.78 is 0. The molecule has 3 rings (SSSR count). The smallest absolute Gasteiger partial charge is 0.306 e. The van der Waals surface area contributed by atoms with Gasteiger partial charge in [0.25, 0.3) is 5.91 Å². The average Bonchev–Trinajstić information content (AvgIpc) is 2.63. The van der Waals surface area contributed by atoms with Gasteiger partial charge in [-0.3, -0.25) is 9.59 Å². The molecule has 1 aliphatic carbocycles. The monoisotopic (exact) mass is 323 g/mol. The maximum Gasteiger partial charge on any atom is 0.306 e. The van der Waals surface area contributed by atoms with Crippen molar-refractivity contribution in [3.8, 4) is 11.1 Å². The number of rotatable bonds is 4. The third-order valence-electron chi connectivity index (χ3n) is 4.67. The van der Waals surface area contributed by atoms with E-state index in [4.69, 9.17) is 5.11 Å². The summed E-state index contributed by atoms with van der Waals surface area (Å²) in [5, 5.41) is 12.0. The highest BCUT2D eigenvalue weighted by Gasteiger charge is 2.26. The van der Waals surface area contributed by atoms with E-state index in [-0.39, 0.29) is 17.9 Å². The Hall–Kier alpha value is -2.62. The molecule has 124 valence electrons. The van der Waals surface area contributed by atoms with Crippen molar-refractivity contribution in [3.63, 3.8) is 0 Å². The minimum absolute atomic E-state index is 0.0712. The van der Waals surface area contributed by atoms with Crippen molar-refractivity contribution >= 4 is 11.9 Å². The lowest BCUT2D eigenvalue weighted by atomic mass is 9.86. The minimum Gasteiger partial charge on any atom is -0.481 e. The van der Waals surface area contributed by atoms with Crippen molar-refractivity contribution in [3.05, 3.63) is 60.2 Å². The Morgan fingerprint density at radius 1 is 0.833 bits per heavy atom. The Labute approximate surface area is 141 Å². The maximum atomic E-state index is 12.3. The topological polar surface area (TPSA) is 66.4 Å². The predicted octanol–water partition coefficient (Wildman–Crippen LogP) is 3.73. The van der Waals surface area contributed by atoms with Crippen LogP contribution in [0.15, 0.2) is 54.6 Å². The molecule has 1 fully saturated rings. The summed E-state index contributed by atoms with van der Waals surface area (Å²) in [6.45, 7) is 0. The summed E-state index contributed by atoms with van der Waals surface area (Å²) in [6.07, 6.45) is 2.72. The van der Waals surface area contributed by atoms with E-state index in [0.717, 1.165) is 24.0 Å². The van der Waals surface area contributed by atoms with Gasteiger partial charge in [0.2, 0.25) is 0 Å². The molecule has 0 atom stereocenters. The van der Waals surface area contributed by atoms with Gasteiger partial charge in [0.15, 0.2) is 0 Å². The van der Waals surface area contributed by atoms with Crippen LogP contribution in [-0.4, -0.2) is 23.0 Å². The largest absolute Gasteiger partial charge is 0.481 e. The Morgan fingerprint density at radius 3 is 2.00 bits per heavy atom. The second kappa shape index (κ2) is 7.30. The normalized spacial score (nSPS) is 20.3. The Morgan fingerprint density at radius 2 is 1.42 bits per heavy atom. The van der Waals surface area contributed by atoms with Crippen molar-refractivity contribution in [2.75, 3.05) is 0 Å². The summed E-state index contributed by atoms with van der Waals surface area (Å²) >= 11 is 0. The molecule has 4 nitrogen and oxygen atoms in total. The maximum absolute atomic E-state index is 12.3. The van der Waals surface area contributed by atoms with Crippen LogP contribution in [-0.2, 0) is 4.79 Å².